The Balaban J connectivity index is 4.64. The summed E-state index contributed by atoms with van der Waals surface area (Å²) in [5, 5.41) is 9.12. The summed E-state index contributed by atoms with van der Waals surface area (Å²) in [6, 6.07) is 0. The SMILES string of the molecule is COC(C(=O)O)C(=O)NC(F)C(F)(F)C(F)F. The number of hydrogen-bond donors (Lipinski definition) is 2. The second-order valence-corrected chi connectivity index (χ2v) is 2.80. The number of carbonyl (C=O) groups excluding carboxylic acids is 1. The molecule has 17 heavy (non-hydrogen) atoms. The molecule has 2 N–H and O–H groups in total. The zero-order chi connectivity index (χ0) is 13.8. The first-order valence-electron chi connectivity index (χ1n) is 4.00. The first-order chi connectivity index (χ1) is 7.64. The molecule has 0 saturated carbocycles. The molecule has 0 aromatic carbocycles. The van der Waals surface area contributed by atoms with Crippen LogP contribution >= 0.6 is 0 Å². The molecule has 0 spiro atoms. The normalized spacial score (nSPS) is 15.5. The van der Waals surface area contributed by atoms with Gasteiger partial charge in [0, 0.05) is 7.11 Å². The number of carboxylic acids is 1. The lowest BCUT2D eigenvalue weighted by Gasteiger charge is -2.21. The van der Waals surface area contributed by atoms with E-state index in [0.717, 1.165) is 12.4 Å². The molecule has 100 valence electrons. The van der Waals surface area contributed by atoms with Gasteiger partial charge in [0.25, 0.3) is 5.91 Å². The van der Waals surface area contributed by atoms with Crippen molar-refractivity contribution >= 4 is 11.9 Å². The van der Waals surface area contributed by atoms with E-state index in [-0.39, 0.29) is 0 Å². The fraction of sp³-hybridized carbons (Fsp3) is 0.714. The van der Waals surface area contributed by atoms with Crippen molar-refractivity contribution in [2.45, 2.75) is 24.7 Å². The standard InChI is InChI=1S/C7H8F5NO4/c1-17-2(4(15)16)3(14)13-6(10)7(11,12)5(8)9/h2,5-6H,1H3,(H,13,14)(H,15,16). The third kappa shape index (κ3) is 3.80. The molecule has 5 nitrogen and oxygen atoms in total. The van der Waals surface area contributed by atoms with Crippen molar-refractivity contribution in [1.29, 1.82) is 0 Å². The smallest absolute Gasteiger partial charge is 0.355 e. The summed E-state index contributed by atoms with van der Waals surface area (Å²) in [7, 11) is 0.747. The van der Waals surface area contributed by atoms with Gasteiger partial charge in [0.1, 0.15) is 0 Å². The van der Waals surface area contributed by atoms with Crippen molar-refractivity contribution in [2.24, 2.45) is 0 Å². The minimum absolute atomic E-state index is 0.747. The lowest BCUT2D eigenvalue weighted by Crippen LogP contribution is -2.53. The summed E-state index contributed by atoms with van der Waals surface area (Å²) in [6.07, 6.45) is -10.3. The van der Waals surface area contributed by atoms with Gasteiger partial charge >= 0.3 is 18.3 Å². The van der Waals surface area contributed by atoms with Gasteiger partial charge in [-0.15, -0.1) is 0 Å². The van der Waals surface area contributed by atoms with E-state index in [2.05, 4.69) is 4.74 Å². The number of carboxylic acid groups (broad SMARTS) is 1. The number of methoxy groups -OCH3 is 1. The molecule has 0 bridgehead atoms. The molecule has 0 aliphatic heterocycles. The topological polar surface area (TPSA) is 75.6 Å². The van der Waals surface area contributed by atoms with Crippen LogP contribution in [0.3, 0.4) is 0 Å². The average Bonchev–Trinajstić information content (AvgIpc) is 2.17. The van der Waals surface area contributed by atoms with E-state index >= 15 is 0 Å². The summed E-state index contributed by atoms with van der Waals surface area (Å²) in [5.74, 6) is -8.79. The van der Waals surface area contributed by atoms with Crippen LogP contribution in [0, 0.1) is 0 Å². The van der Waals surface area contributed by atoms with E-state index in [1.807, 2.05) is 0 Å². The molecule has 0 aromatic heterocycles. The molecular formula is C7H8F5NO4. The fourth-order valence-electron chi connectivity index (χ4n) is 0.727. The average molecular weight is 265 g/mol. The third-order valence-corrected chi connectivity index (χ3v) is 1.60. The predicted molar refractivity (Wildman–Crippen MR) is 42.4 cm³/mol. The van der Waals surface area contributed by atoms with Gasteiger partial charge in [0.2, 0.25) is 12.4 Å². The molecule has 0 rings (SSSR count). The number of alkyl halides is 5. The Morgan fingerprint density at radius 3 is 2.06 bits per heavy atom. The number of hydrogen-bond acceptors (Lipinski definition) is 3. The van der Waals surface area contributed by atoms with E-state index in [1.54, 1.807) is 0 Å². The highest BCUT2D eigenvalue weighted by atomic mass is 19.3. The van der Waals surface area contributed by atoms with Gasteiger partial charge in [0.15, 0.2) is 0 Å². The van der Waals surface area contributed by atoms with E-state index in [4.69, 9.17) is 5.11 Å². The zero-order valence-corrected chi connectivity index (χ0v) is 8.29. The molecule has 0 aliphatic rings. The second-order valence-electron chi connectivity index (χ2n) is 2.80. The van der Waals surface area contributed by atoms with Gasteiger partial charge in [-0.1, -0.05) is 0 Å². The molecule has 0 aromatic rings. The molecule has 10 heteroatoms. The summed E-state index contributed by atoms with van der Waals surface area (Å²) >= 11 is 0. The van der Waals surface area contributed by atoms with Gasteiger partial charge in [-0.2, -0.15) is 8.78 Å². The highest BCUT2D eigenvalue weighted by Gasteiger charge is 2.51. The largest absolute Gasteiger partial charge is 0.479 e. The maximum Gasteiger partial charge on any atom is 0.355 e. The lowest BCUT2D eigenvalue weighted by atomic mass is 10.3. The van der Waals surface area contributed by atoms with Crippen LogP contribution < -0.4 is 5.32 Å². The Morgan fingerprint density at radius 2 is 1.76 bits per heavy atom. The maximum absolute atomic E-state index is 12.6. The lowest BCUT2D eigenvalue weighted by molar-refractivity contribution is -0.184. The van der Waals surface area contributed by atoms with Gasteiger partial charge in [-0.3, -0.25) is 4.79 Å². The maximum atomic E-state index is 12.6. The molecule has 2 atom stereocenters. The van der Waals surface area contributed by atoms with E-state index in [0.29, 0.717) is 0 Å². The number of rotatable bonds is 6. The van der Waals surface area contributed by atoms with Crippen LogP contribution in [0.4, 0.5) is 22.0 Å². The van der Waals surface area contributed by atoms with Crippen molar-refractivity contribution in [3.63, 3.8) is 0 Å². The summed E-state index contributed by atoms with van der Waals surface area (Å²) in [6.45, 7) is 0. The van der Waals surface area contributed by atoms with Crippen LogP contribution in [-0.4, -0.2) is 48.8 Å². The highest BCUT2D eigenvalue weighted by molar-refractivity contribution is 6.00. The van der Waals surface area contributed by atoms with E-state index in [9.17, 15) is 31.5 Å². The van der Waals surface area contributed by atoms with Gasteiger partial charge in [-0.25, -0.2) is 18.0 Å². The first-order valence-corrected chi connectivity index (χ1v) is 4.00. The predicted octanol–water partition coefficient (Wildman–Crippen LogP) is 0.398. The van der Waals surface area contributed by atoms with Crippen molar-refractivity contribution in [3.8, 4) is 0 Å². The van der Waals surface area contributed by atoms with Gasteiger partial charge in [-0.05, 0) is 0 Å². The van der Waals surface area contributed by atoms with Crippen LogP contribution in [-0.2, 0) is 14.3 Å². The van der Waals surface area contributed by atoms with Gasteiger partial charge in [0.05, 0.1) is 0 Å². The number of halogens is 5. The third-order valence-electron chi connectivity index (χ3n) is 1.60. The molecule has 0 fully saturated rings. The van der Waals surface area contributed by atoms with Crippen molar-refractivity contribution in [3.05, 3.63) is 0 Å². The Kier molecular flexibility index (Phi) is 5.26. The van der Waals surface area contributed by atoms with Gasteiger partial charge < -0.3 is 15.2 Å². The molecule has 2 unspecified atom stereocenters. The molecule has 0 heterocycles. The Morgan fingerprint density at radius 1 is 1.29 bits per heavy atom. The number of ether oxygens (including phenoxy) is 1. The monoisotopic (exact) mass is 265 g/mol. The Labute approximate surface area is 91.5 Å². The van der Waals surface area contributed by atoms with Crippen LogP contribution in [0.5, 0.6) is 0 Å². The second kappa shape index (κ2) is 5.75. The van der Waals surface area contributed by atoms with Crippen LogP contribution in [0.1, 0.15) is 0 Å². The summed E-state index contributed by atoms with van der Waals surface area (Å²) in [4.78, 5) is 21.2. The molecule has 0 aliphatic carbocycles. The van der Waals surface area contributed by atoms with Crippen LogP contribution in [0.15, 0.2) is 0 Å². The fourth-order valence-corrected chi connectivity index (χ4v) is 0.727. The van der Waals surface area contributed by atoms with Crippen molar-refractivity contribution in [1.82, 2.24) is 5.32 Å². The minimum Gasteiger partial charge on any atom is -0.479 e. The molecular weight excluding hydrogens is 257 g/mol. The molecule has 0 radical (unpaired) electrons. The quantitative estimate of drug-likeness (QED) is 0.414. The number of aliphatic carboxylic acids is 1. The molecule has 0 saturated heterocycles. The van der Waals surface area contributed by atoms with Crippen LogP contribution in [0.2, 0.25) is 0 Å². The van der Waals surface area contributed by atoms with E-state index in [1.165, 1.54) is 0 Å². The number of carbonyl (C=O) groups is 2. The van der Waals surface area contributed by atoms with Crippen molar-refractivity contribution in [2.75, 3.05) is 7.11 Å². The highest BCUT2D eigenvalue weighted by Crippen LogP contribution is 2.27. The Hall–Kier alpha value is -1.45. The Bertz CT molecular complexity index is 298. The summed E-state index contributed by atoms with van der Waals surface area (Å²) < 4.78 is 64.7. The number of amides is 1. The van der Waals surface area contributed by atoms with Crippen molar-refractivity contribution < 1.29 is 41.4 Å². The van der Waals surface area contributed by atoms with E-state index < -0.39 is 36.6 Å². The zero-order valence-electron chi connectivity index (χ0n) is 8.29. The summed E-state index contributed by atoms with van der Waals surface area (Å²) in [5.41, 5.74) is 0. The first kappa shape index (κ1) is 15.5. The minimum atomic E-state index is -5.12. The molecule has 1 amide bonds. The van der Waals surface area contributed by atoms with Crippen LogP contribution in [0.25, 0.3) is 0 Å². The number of nitrogens with one attached hydrogen (secondary N) is 1.